The molecular formula is C17H16N2. The van der Waals surface area contributed by atoms with Crippen LogP contribution in [0.25, 0.3) is 0 Å². The molecule has 0 radical (unpaired) electrons. The van der Waals surface area contributed by atoms with Crippen molar-refractivity contribution in [1.29, 1.82) is 0 Å². The van der Waals surface area contributed by atoms with E-state index in [0.717, 1.165) is 12.2 Å². The number of aliphatic imine (C=N–C) groups is 1. The lowest BCUT2D eigenvalue weighted by molar-refractivity contribution is 0.833. The monoisotopic (exact) mass is 248 g/mol. The molecule has 19 heavy (non-hydrogen) atoms. The minimum Gasteiger partial charge on any atom is -0.361 e. The second kappa shape index (κ2) is 4.23. The van der Waals surface area contributed by atoms with Crippen LogP contribution in [0.2, 0.25) is 0 Å². The molecule has 2 aliphatic heterocycles. The average molecular weight is 248 g/mol. The number of anilines is 1. The van der Waals surface area contributed by atoms with E-state index in [2.05, 4.69) is 59.5 Å². The quantitative estimate of drug-likeness (QED) is 0.749. The molecule has 1 fully saturated rings. The highest BCUT2D eigenvalue weighted by Gasteiger charge is 2.33. The summed E-state index contributed by atoms with van der Waals surface area (Å²) in [5.74, 6) is 0. The number of benzene rings is 2. The normalized spacial score (nSPS) is 20.7. The Kier molecular flexibility index (Phi) is 2.41. The molecule has 0 aromatic heterocycles. The number of fused-ring (bicyclic) bond motifs is 3. The Labute approximate surface area is 113 Å². The summed E-state index contributed by atoms with van der Waals surface area (Å²) in [7, 11) is 0. The summed E-state index contributed by atoms with van der Waals surface area (Å²) in [6.07, 6.45) is 2.47. The Morgan fingerprint density at radius 3 is 2.63 bits per heavy atom. The Morgan fingerprint density at radius 1 is 0.947 bits per heavy atom. The van der Waals surface area contributed by atoms with Gasteiger partial charge < -0.3 is 4.90 Å². The summed E-state index contributed by atoms with van der Waals surface area (Å²) in [5.41, 5.74) is 4.90. The molecule has 2 aliphatic rings. The fraction of sp³-hybridized carbons (Fsp3) is 0.235. The van der Waals surface area contributed by atoms with Crippen molar-refractivity contribution in [3.8, 4) is 0 Å². The zero-order valence-corrected chi connectivity index (χ0v) is 10.8. The van der Waals surface area contributed by atoms with Crippen molar-refractivity contribution in [2.45, 2.75) is 18.9 Å². The highest BCUT2D eigenvalue weighted by molar-refractivity contribution is 6.10. The van der Waals surface area contributed by atoms with Gasteiger partial charge in [-0.2, -0.15) is 0 Å². The van der Waals surface area contributed by atoms with Gasteiger partial charge in [-0.3, -0.25) is 0 Å². The maximum Gasteiger partial charge on any atom is 0.0867 e. The van der Waals surface area contributed by atoms with Gasteiger partial charge in [0.15, 0.2) is 0 Å². The first kappa shape index (κ1) is 10.8. The fourth-order valence-corrected chi connectivity index (χ4v) is 3.21. The van der Waals surface area contributed by atoms with Crippen molar-refractivity contribution in [2.24, 2.45) is 4.99 Å². The molecule has 4 rings (SSSR count). The largest absolute Gasteiger partial charge is 0.361 e. The highest BCUT2D eigenvalue weighted by Crippen LogP contribution is 2.39. The smallest absolute Gasteiger partial charge is 0.0867 e. The second-order valence-electron chi connectivity index (χ2n) is 5.20. The van der Waals surface area contributed by atoms with E-state index < -0.39 is 0 Å². The molecular weight excluding hydrogens is 232 g/mol. The molecule has 0 N–H and O–H groups in total. The van der Waals surface area contributed by atoms with Crippen molar-refractivity contribution in [3.05, 3.63) is 60.2 Å². The molecule has 0 aliphatic carbocycles. The number of hydrogen-bond acceptors (Lipinski definition) is 2. The van der Waals surface area contributed by atoms with E-state index in [1.807, 2.05) is 0 Å². The standard InChI is InChI=1S/C17H16N2/c1-2-7-13(8-3-1)17-16-11-6-12-19(16)15-10-5-4-9-14(15)18-17/h1-5,7-10,16H,6,11-12H2. The van der Waals surface area contributed by atoms with Crippen LogP contribution in [0.5, 0.6) is 0 Å². The number of rotatable bonds is 1. The Morgan fingerprint density at radius 2 is 1.74 bits per heavy atom. The lowest BCUT2D eigenvalue weighted by Gasteiger charge is -2.33. The average Bonchev–Trinajstić information content (AvgIpc) is 2.97. The molecule has 0 spiro atoms. The summed E-state index contributed by atoms with van der Waals surface area (Å²) in [4.78, 5) is 7.45. The van der Waals surface area contributed by atoms with Crippen molar-refractivity contribution in [1.82, 2.24) is 0 Å². The third-order valence-electron chi connectivity index (χ3n) is 4.07. The van der Waals surface area contributed by atoms with E-state index in [9.17, 15) is 0 Å². The molecule has 2 heteroatoms. The van der Waals surface area contributed by atoms with Gasteiger partial charge in [0.05, 0.1) is 23.1 Å². The second-order valence-corrected chi connectivity index (χ2v) is 5.20. The van der Waals surface area contributed by atoms with E-state index in [-0.39, 0.29) is 0 Å². The third-order valence-corrected chi connectivity index (χ3v) is 4.07. The Bertz CT molecular complexity index is 631. The Balaban J connectivity index is 1.89. The summed E-state index contributed by atoms with van der Waals surface area (Å²) >= 11 is 0. The predicted molar refractivity (Wildman–Crippen MR) is 79.4 cm³/mol. The Hall–Kier alpha value is -2.09. The van der Waals surface area contributed by atoms with Crippen LogP contribution in [0.1, 0.15) is 18.4 Å². The SMILES string of the molecule is c1ccc(C2=Nc3ccccc3N3CCCC23)cc1. The van der Waals surface area contributed by atoms with Crippen LogP contribution in [-0.4, -0.2) is 18.3 Å². The maximum atomic E-state index is 4.93. The first-order valence-corrected chi connectivity index (χ1v) is 6.93. The minimum absolute atomic E-state index is 0.456. The van der Waals surface area contributed by atoms with Gasteiger partial charge in [0.2, 0.25) is 0 Å². The summed E-state index contributed by atoms with van der Waals surface area (Å²) in [6, 6.07) is 19.5. The summed E-state index contributed by atoms with van der Waals surface area (Å²) in [6.45, 7) is 1.15. The van der Waals surface area contributed by atoms with Crippen LogP contribution in [0, 0.1) is 0 Å². The molecule has 2 nitrogen and oxygen atoms in total. The number of nitrogens with zero attached hydrogens (tertiary/aromatic N) is 2. The summed E-state index contributed by atoms with van der Waals surface area (Å²) in [5, 5.41) is 0. The topological polar surface area (TPSA) is 15.6 Å². The molecule has 2 aromatic rings. The predicted octanol–water partition coefficient (Wildman–Crippen LogP) is 3.79. The van der Waals surface area contributed by atoms with Crippen LogP contribution in [0.3, 0.4) is 0 Å². The zero-order chi connectivity index (χ0) is 12.7. The fourth-order valence-electron chi connectivity index (χ4n) is 3.21. The van der Waals surface area contributed by atoms with Crippen LogP contribution < -0.4 is 4.90 Å². The molecule has 1 atom stereocenters. The number of hydrogen-bond donors (Lipinski definition) is 0. The zero-order valence-electron chi connectivity index (χ0n) is 10.8. The van der Waals surface area contributed by atoms with Crippen molar-refractivity contribution < 1.29 is 0 Å². The lowest BCUT2D eigenvalue weighted by atomic mass is 9.98. The molecule has 0 amide bonds. The van der Waals surface area contributed by atoms with Gasteiger partial charge in [0, 0.05) is 6.54 Å². The van der Waals surface area contributed by atoms with E-state index in [1.165, 1.54) is 29.8 Å². The third kappa shape index (κ3) is 1.67. The van der Waals surface area contributed by atoms with Gasteiger partial charge in [-0.1, -0.05) is 42.5 Å². The van der Waals surface area contributed by atoms with E-state index in [4.69, 9.17) is 4.99 Å². The molecule has 0 saturated carbocycles. The van der Waals surface area contributed by atoms with Crippen molar-refractivity contribution in [3.63, 3.8) is 0 Å². The van der Waals surface area contributed by atoms with Crippen LogP contribution in [0.4, 0.5) is 11.4 Å². The van der Waals surface area contributed by atoms with Crippen LogP contribution in [0.15, 0.2) is 59.6 Å². The van der Waals surface area contributed by atoms with E-state index in [0.29, 0.717) is 6.04 Å². The highest BCUT2D eigenvalue weighted by atomic mass is 15.2. The van der Waals surface area contributed by atoms with Gasteiger partial charge in [0.25, 0.3) is 0 Å². The van der Waals surface area contributed by atoms with Crippen molar-refractivity contribution in [2.75, 3.05) is 11.4 Å². The van der Waals surface area contributed by atoms with Gasteiger partial charge in [-0.15, -0.1) is 0 Å². The molecule has 2 aromatic carbocycles. The van der Waals surface area contributed by atoms with E-state index >= 15 is 0 Å². The first-order valence-electron chi connectivity index (χ1n) is 6.93. The van der Waals surface area contributed by atoms with Gasteiger partial charge in [0.1, 0.15) is 0 Å². The maximum absolute atomic E-state index is 4.93. The van der Waals surface area contributed by atoms with E-state index in [1.54, 1.807) is 0 Å². The van der Waals surface area contributed by atoms with Crippen molar-refractivity contribution >= 4 is 17.1 Å². The van der Waals surface area contributed by atoms with Crippen LogP contribution >= 0.6 is 0 Å². The van der Waals surface area contributed by atoms with Gasteiger partial charge >= 0.3 is 0 Å². The first-order chi connectivity index (χ1) is 9.43. The minimum atomic E-state index is 0.456. The molecule has 1 unspecified atom stereocenters. The molecule has 1 saturated heterocycles. The molecule has 94 valence electrons. The lowest BCUT2D eigenvalue weighted by Crippen LogP contribution is -2.38. The van der Waals surface area contributed by atoms with Gasteiger partial charge in [-0.25, -0.2) is 4.99 Å². The summed E-state index contributed by atoms with van der Waals surface area (Å²) < 4.78 is 0. The van der Waals surface area contributed by atoms with Gasteiger partial charge in [-0.05, 0) is 30.5 Å². The molecule has 2 heterocycles. The number of para-hydroxylation sites is 2. The van der Waals surface area contributed by atoms with Crippen LogP contribution in [-0.2, 0) is 0 Å². The molecule has 0 bridgehead atoms.